The van der Waals surface area contributed by atoms with Crippen molar-refractivity contribution in [3.05, 3.63) is 42.5 Å². The van der Waals surface area contributed by atoms with Crippen molar-refractivity contribution in [3.63, 3.8) is 0 Å². The highest BCUT2D eigenvalue weighted by Crippen LogP contribution is 2.20. The third-order valence-corrected chi connectivity index (χ3v) is 3.62. The van der Waals surface area contributed by atoms with Crippen LogP contribution in [0.5, 0.6) is 5.75 Å². The summed E-state index contributed by atoms with van der Waals surface area (Å²) in [5.74, 6) is 0.762. The summed E-state index contributed by atoms with van der Waals surface area (Å²) in [6.45, 7) is 4.29. The van der Waals surface area contributed by atoms with Crippen molar-refractivity contribution in [2.24, 2.45) is 0 Å². The maximum Gasteiger partial charge on any atom is 0.120 e. The van der Waals surface area contributed by atoms with Crippen LogP contribution < -0.4 is 4.74 Å². The van der Waals surface area contributed by atoms with Gasteiger partial charge in [-0.3, -0.25) is 4.90 Å². The maximum absolute atomic E-state index is 10.1. The molecule has 2 aromatic carbocycles. The topological polar surface area (TPSA) is 56.5 Å². The predicted octanol–water partition coefficient (Wildman–Crippen LogP) is 2.82. The Morgan fingerprint density at radius 1 is 1.23 bits per heavy atom. The first kappa shape index (κ1) is 16.3. The minimum atomic E-state index is -0.565. The van der Waals surface area contributed by atoms with Gasteiger partial charge in [0.05, 0.1) is 6.07 Å². The van der Waals surface area contributed by atoms with Crippen LogP contribution in [0, 0.1) is 11.3 Å². The van der Waals surface area contributed by atoms with Crippen LogP contribution in [-0.2, 0) is 0 Å². The van der Waals surface area contributed by atoms with Gasteiger partial charge in [0.2, 0.25) is 0 Å². The number of aliphatic hydroxyl groups excluding tert-OH is 1. The average molecular weight is 298 g/mol. The minimum Gasteiger partial charge on any atom is -0.491 e. The molecule has 0 aliphatic heterocycles. The molecular formula is C18H22N2O2. The van der Waals surface area contributed by atoms with E-state index in [1.807, 2.05) is 43.3 Å². The summed E-state index contributed by atoms with van der Waals surface area (Å²) in [6.07, 6.45) is -0.0864. The van der Waals surface area contributed by atoms with Gasteiger partial charge in [0, 0.05) is 19.5 Å². The number of rotatable bonds is 8. The van der Waals surface area contributed by atoms with Crippen molar-refractivity contribution in [1.29, 1.82) is 5.26 Å². The van der Waals surface area contributed by atoms with Crippen molar-refractivity contribution in [1.82, 2.24) is 4.90 Å². The molecular weight excluding hydrogens is 276 g/mol. The standard InChI is InChI=1S/C18H22N2O2/c1-2-20(11-5-10-19)13-17(21)14-22-18-9-8-15-6-3-4-7-16(15)12-18/h3-4,6-9,12,17,21H,2,5,11,13-14H2,1H3. The van der Waals surface area contributed by atoms with E-state index in [4.69, 9.17) is 10.00 Å². The van der Waals surface area contributed by atoms with Crippen LogP contribution in [0.2, 0.25) is 0 Å². The Kier molecular flexibility index (Phi) is 6.20. The monoisotopic (exact) mass is 298 g/mol. The van der Waals surface area contributed by atoms with Gasteiger partial charge in [-0.2, -0.15) is 5.26 Å². The molecule has 0 fully saturated rings. The highest BCUT2D eigenvalue weighted by Gasteiger charge is 2.11. The summed E-state index contributed by atoms with van der Waals surface area (Å²) < 4.78 is 5.68. The summed E-state index contributed by atoms with van der Waals surface area (Å²) in [7, 11) is 0. The molecule has 116 valence electrons. The Labute approximate surface area is 131 Å². The van der Waals surface area contributed by atoms with E-state index in [-0.39, 0.29) is 6.61 Å². The van der Waals surface area contributed by atoms with Crippen LogP contribution in [0.1, 0.15) is 13.3 Å². The molecule has 0 saturated heterocycles. The third kappa shape index (κ3) is 4.73. The number of likely N-dealkylation sites (N-methyl/N-ethyl adjacent to an activating group) is 1. The molecule has 2 aromatic rings. The zero-order chi connectivity index (χ0) is 15.8. The van der Waals surface area contributed by atoms with E-state index in [2.05, 4.69) is 17.0 Å². The average Bonchev–Trinajstić information content (AvgIpc) is 2.56. The molecule has 0 aliphatic carbocycles. The van der Waals surface area contributed by atoms with E-state index in [0.29, 0.717) is 19.5 Å². The SMILES string of the molecule is CCN(CCC#N)CC(O)COc1ccc2ccccc2c1. The zero-order valence-corrected chi connectivity index (χ0v) is 12.9. The summed E-state index contributed by atoms with van der Waals surface area (Å²) in [5.41, 5.74) is 0. The second kappa shape index (κ2) is 8.38. The second-order valence-electron chi connectivity index (χ2n) is 5.28. The summed E-state index contributed by atoms with van der Waals surface area (Å²) >= 11 is 0. The minimum absolute atomic E-state index is 0.251. The predicted molar refractivity (Wildman–Crippen MR) is 87.8 cm³/mol. The van der Waals surface area contributed by atoms with Gasteiger partial charge < -0.3 is 9.84 Å². The molecule has 1 atom stereocenters. The summed E-state index contributed by atoms with van der Waals surface area (Å²) in [6, 6.07) is 16.1. The summed E-state index contributed by atoms with van der Waals surface area (Å²) in [4.78, 5) is 2.05. The van der Waals surface area contributed by atoms with Gasteiger partial charge in [-0.15, -0.1) is 0 Å². The van der Waals surface area contributed by atoms with Crippen molar-refractivity contribution in [2.75, 3.05) is 26.2 Å². The van der Waals surface area contributed by atoms with Crippen LogP contribution in [0.4, 0.5) is 0 Å². The van der Waals surface area contributed by atoms with E-state index in [9.17, 15) is 5.11 Å². The molecule has 0 spiro atoms. The first-order valence-electron chi connectivity index (χ1n) is 7.62. The first-order valence-corrected chi connectivity index (χ1v) is 7.62. The number of hydrogen-bond donors (Lipinski definition) is 1. The zero-order valence-electron chi connectivity index (χ0n) is 12.9. The lowest BCUT2D eigenvalue weighted by molar-refractivity contribution is 0.0706. The number of fused-ring (bicyclic) bond motifs is 1. The van der Waals surface area contributed by atoms with Crippen LogP contribution in [0.25, 0.3) is 10.8 Å². The normalized spacial score (nSPS) is 12.3. The first-order chi connectivity index (χ1) is 10.7. The molecule has 0 amide bonds. The summed E-state index contributed by atoms with van der Waals surface area (Å²) in [5, 5.41) is 21.0. The molecule has 0 aliphatic rings. The number of hydrogen-bond acceptors (Lipinski definition) is 4. The fourth-order valence-corrected chi connectivity index (χ4v) is 2.39. The largest absolute Gasteiger partial charge is 0.491 e. The number of nitriles is 1. The van der Waals surface area contributed by atoms with E-state index < -0.39 is 6.10 Å². The Balaban J connectivity index is 1.86. The van der Waals surface area contributed by atoms with E-state index in [0.717, 1.165) is 17.7 Å². The molecule has 0 heterocycles. The molecule has 0 bridgehead atoms. The van der Waals surface area contributed by atoms with Gasteiger partial charge >= 0.3 is 0 Å². The van der Waals surface area contributed by atoms with Crippen LogP contribution in [0.15, 0.2) is 42.5 Å². The number of benzene rings is 2. The molecule has 0 saturated carbocycles. The fraction of sp³-hybridized carbons (Fsp3) is 0.389. The lowest BCUT2D eigenvalue weighted by Gasteiger charge is -2.22. The number of nitrogens with zero attached hydrogens (tertiary/aromatic N) is 2. The Hall–Kier alpha value is -2.09. The molecule has 1 unspecified atom stereocenters. The van der Waals surface area contributed by atoms with Gasteiger partial charge in [0.15, 0.2) is 0 Å². The van der Waals surface area contributed by atoms with Gasteiger partial charge in [-0.05, 0) is 29.4 Å². The molecule has 1 N–H and O–H groups in total. The fourth-order valence-electron chi connectivity index (χ4n) is 2.39. The molecule has 4 nitrogen and oxygen atoms in total. The quantitative estimate of drug-likeness (QED) is 0.814. The van der Waals surface area contributed by atoms with Crippen molar-refractivity contribution < 1.29 is 9.84 Å². The van der Waals surface area contributed by atoms with Gasteiger partial charge in [0.1, 0.15) is 18.5 Å². The van der Waals surface area contributed by atoms with E-state index >= 15 is 0 Å². The molecule has 0 radical (unpaired) electrons. The van der Waals surface area contributed by atoms with Gasteiger partial charge in [0.25, 0.3) is 0 Å². The third-order valence-electron chi connectivity index (χ3n) is 3.62. The molecule has 4 heteroatoms. The van der Waals surface area contributed by atoms with Crippen molar-refractivity contribution in [3.8, 4) is 11.8 Å². The van der Waals surface area contributed by atoms with Crippen LogP contribution >= 0.6 is 0 Å². The molecule has 22 heavy (non-hydrogen) atoms. The number of ether oxygens (including phenoxy) is 1. The lowest BCUT2D eigenvalue weighted by Crippen LogP contribution is -2.36. The Bertz CT molecular complexity index is 636. The Morgan fingerprint density at radius 2 is 2.00 bits per heavy atom. The van der Waals surface area contributed by atoms with Gasteiger partial charge in [-0.1, -0.05) is 37.3 Å². The van der Waals surface area contributed by atoms with E-state index in [1.54, 1.807) is 0 Å². The molecule has 2 rings (SSSR count). The number of aliphatic hydroxyl groups is 1. The highest BCUT2D eigenvalue weighted by atomic mass is 16.5. The Morgan fingerprint density at radius 3 is 2.73 bits per heavy atom. The smallest absolute Gasteiger partial charge is 0.120 e. The van der Waals surface area contributed by atoms with Crippen LogP contribution in [0.3, 0.4) is 0 Å². The van der Waals surface area contributed by atoms with Gasteiger partial charge in [-0.25, -0.2) is 0 Å². The van der Waals surface area contributed by atoms with Crippen LogP contribution in [-0.4, -0.2) is 42.4 Å². The maximum atomic E-state index is 10.1. The lowest BCUT2D eigenvalue weighted by atomic mass is 10.1. The van der Waals surface area contributed by atoms with E-state index in [1.165, 1.54) is 5.39 Å². The van der Waals surface area contributed by atoms with Crippen molar-refractivity contribution in [2.45, 2.75) is 19.4 Å². The highest BCUT2D eigenvalue weighted by molar-refractivity contribution is 5.83. The second-order valence-corrected chi connectivity index (χ2v) is 5.28. The molecule has 0 aromatic heterocycles. The van der Waals surface area contributed by atoms with Crippen molar-refractivity contribution >= 4 is 10.8 Å².